The van der Waals surface area contributed by atoms with Gasteiger partial charge < -0.3 is 4.98 Å². The molecule has 1 spiro atoms. The summed E-state index contributed by atoms with van der Waals surface area (Å²) in [6.45, 7) is 1.85. The van der Waals surface area contributed by atoms with Crippen molar-refractivity contribution in [1.29, 1.82) is 0 Å². The number of carbonyl (C=O) groups excluding carboxylic acids is 2. The van der Waals surface area contributed by atoms with Crippen molar-refractivity contribution >= 4 is 11.8 Å². The molecule has 1 unspecified atom stereocenters. The van der Waals surface area contributed by atoms with E-state index in [9.17, 15) is 9.59 Å². The zero-order chi connectivity index (χ0) is 14.2. The third-order valence-corrected chi connectivity index (χ3v) is 4.81. The first-order valence-corrected chi connectivity index (χ1v) is 7.45. The van der Waals surface area contributed by atoms with Gasteiger partial charge in [-0.25, -0.2) is 4.98 Å². The number of imidazole rings is 1. The third-order valence-electron chi connectivity index (χ3n) is 4.81. The Kier molecular flexibility index (Phi) is 3.36. The highest BCUT2D eigenvalue weighted by molar-refractivity contribution is 5.99. The molecule has 3 rings (SSSR count). The zero-order valence-electron chi connectivity index (χ0n) is 11.9. The van der Waals surface area contributed by atoms with Crippen molar-refractivity contribution in [3.05, 3.63) is 18.2 Å². The second-order valence-corrected chi connectivity index (χ2v) is 6.22. The number of imide groups is 1. The molecule has 1 saturated carbocycles. The number of hydrogen-bond donors (Lipinski definition) is 1. The van der Waals surface area contributed by atoms with E-state index in [1.54, 1.807) is 12.4 Å². The molecule has 1 N–H and O–H groups in total. The lowest BCUT2D eigenvalue weighted by Crippen LogP contribution is -2.49. The minimum absolute atomic E-state index is 0.0351. The highest BCUT2D eigenvalue weighted by Gasteiger charge is 2.45. The van der Waals surface area contributed by atoms with Gasteiger partial charge >= 0.3 is 0 Å². The van der Waals surface area contributed by atoms with Gasteiger partial charge in [0.1, 0.15) is 5.82 Å². The summed E-state index contributed by atoms with van der Waals surface area (Å²) in [6.07, 6.45) is 9.97. The SMILES string of the molecule is CC(c1ncc[nH]1)N1C(=O)CC2(CCCCC2)CC1=O. The minimum atomic E-state index is -0.300. The maximum absolute atomic E-state index is 12.5. The fourth-order valence-electron chi connectivity index (χ4n) is 3.73. The quantitative estimate of drug-likeness (QED) is 0.844. The normalized spacial score (nSPS) is 24.1. The molecule has 0 aromatic carbocycles. The predicted octanol–water partition coefficient (Wildman–Crippen LogP) is 2.57. The number of H-pyrrole nitrogens is 1. The van der Waals surface area contributed by atoms with Crippen LogP contribution in [0.2, 0.25) is 0 Å². The van der Waals surface area contributed by atoms with Gasteiger partial charge in [-0.05, 0) is 25.2 Å². The van der Waals surface area contributed by atoms with Gasteiger partial charge in [0.2, 0.25) is 11.8 Å². The van der Waals surface area contributed by atoms with E-state index in [4.69, 9.17) is 0 Å². The maximum atomic E-state index is 12.5. The average Bonchev–Trinajstić information content (AvgIpc) is 2.92. The smallest absolute Gasteiger partial charge is 0.230 e. The third kappa shape index (κ3) is 2.25. The van der Waals surface area contributed by atoms with Gasteiger partial charge in [0.15, 0.2) is 0 Å². The van der Waals surface area contributed by atoms with Crippen LogP contribution in [0, 0.1) is 5.41 Å². The topological polar surface area (TPSA) is 66.1 Å². The summed E-state index contributed by atoms with van der Waals surface area (Å²) in [6, 6.07) is -0.300. The number of piperidine rings is 1. The summed E-state index contributed by atoms with van der Waals surface area (Å²) in [5, 5.41) is 0. The molecule has 2 amide bonds. The fourth-order valence-corrected chi connectivity index (χ4v) is 3.73. The van der Waals surface area contributed by atoms with Crippen molar-refractivity contribution in [2.24, 2.45) is 5.41 Å². The van der Waals surface area contributed by atoms with Gasteiger partial charge in [0.25, 0.3) is 0 Å². The van der Waals surface area contributed by atoms with E-state index in [2.05, 4.69) is 9.97 Å². The molecule has 5 heteroatoms. The fraction of sp³-hybridized carbons (Fsp3) is 0.667. The molecule has 5 nitrogen and oxygen atoms in total. The first-order valence-electron chi connectivity index (χ1n) is 7.45. The summed E-state index contributed by atoms with van der Waals surface area (Å²) in [4.78, 5) is 33.5. The molecule has 1 aromatic rings. The van der Waals surface area contributed by atoms with Gasteiger partial charge in [0, 0.05) is 25.2 Å². The molecule has 2 heterocycles. The predicted molar refractivity (Wildman–Crippen MR) is 73.6 cm³/mol. The molecule has 1 atom stereocenters. The standard InChI is InChI=1S/C15H21N3O2/c1-11(14-16-7-8-17-14)18-12(19)9-15(10-13(18)20)5-3-2-4-6-15/h7-8,11H,2-6,9-10H2,1H3,(H,16,17). The van der Waals surface area contributed by atoms with E-state index in [1.165, 1.54) is 11.3 Å². The van der Waals surface area contributed by atoms with E-state index < -0.39 is 0 Å². The second kappa shape index (κ2) is 5.04. The first kappa shape index (κ1) is 13.3. The lowest BCUT2D eigenvalue weighted by Gasteiger charge is -2.43. The Morgan fingerprint density at radius 3 is 2.40 bits per heavy atom. The molecule has 20 heavy (non-hydrogen) atoms. The van der Waals surface area contributed by atoms with Crippen molar-refractivity contribution in [1.82, 2.24) is 14.9 Å². The lowest BCUT2D eigenvalue weighted by molar-refractivity contribution is -0.157. The number of likely N-dealkylation sites (tertiary alicyclic amines) is 1. The number of aromatic amines is 1. The summed E-state index contributed by atoms with van der Waals surface area (Å²) >= 11 is 0. The van der Waals surface area contributed by atoms with Gasteiger partial charge in [0.05, 0.1) is 6.04 Å². The van der Waals surface area contributed by atoms with Crippen molar-refractivity contribution in [2.75, 3.05) is 0 Å². The monoisotopic (exact) mass is 275 g/mol. The van der Waals surface area contributed by atoms with Crippen LogP contribution >= 0.6 is 0 Å². The Morgan fingerprint density at radius 1 is 1.20 bits per heavy atom. The Morgan fingerprint density at radius 2 is 1.85 bits per heavy atom. The molecule has 1 aliphatic carbocycles. The van der Waals surface area contributed by atoms with Crippen LogP contribution < -0.4 is 0 Å². The minimum Gasteiger partial charge on any atom is -0.347 e. The van der Waals surface area contributed by atoms with Crippen molar-refractivity contribution < 1.29 is 9.59 Å². The number of nitrogens with zero attached hydrogens (tertiary/aromatic N) is 2. The van der Waals surface area contributed by atoms with Gasteiger partial charge in [-0.15, -0.1) is 0 Å². The number of hydrogen-bond acceptors (Lipinski definition) is 3. The molecule has 1 saturated heterocycles. The van der Waals surface area contributed by atoms with Gasteiger partial charge in [-0.1, -0.05) is 19.3 Å². The molecule has 0 bridgehead atoms. The van der Waals surface area contributed by atoms with Crippen LogP contribution in [0.5, 0.6) is 0 Å². The Balaban J connectivity index is 1.79. The molecule has 2 fully saturated rings. The van der Waals surface area contributed by atoms with Gasteiger partial charge in [-0.2, -0.15) is 0 Å². The van der Waals surface area contributed by atoms with Crippen molar-refractivity contribution in [2.45, 2.75) is 57.9 Å². The zero-order valence-corrected chi connectivity index (χ0v) is 11.9. The number of amides is 2. The Labute approximate surface area is 118 Å². The molecule has 108 valence electrons. The van der Waals surface area contributed by atoms with Crippen molar-refractivity contribution in [3.8, 4) is 0 Å². The first-order chi connectivity index (χ1) is 9.61. The highest BCUT2D eigenvalue weighted by atomic mass is 16.2. The molecular formula is C15H21N3O2. The van der Waals surface area contributed by atoms with Crippen LogP contribution in [0.4, 0.5) is 0 Å². The largest absolute Gasteiger partial charge is 0.347 e. The summed E-state index contributed by atoms with van der Waals surface area (Å²) in [5.41, 5.74) is -0.0498. The summed E-state index contributed by atoms with van der Waals surface area (Å²) in [5.74, 6) is 0.602. The van der Waals surface area contributed by atoms with Crippen LogP contribution in [0.15, 0.2) is 12.4 Å². The van der Waals surface area contributed by atoms with E-state index >= 15 is 0 Å². The van der Waals surface area contributed by atoms with E-state index in [-0.39, 0.29) is 23.3 Å². The van der Waals surface area contributed by atoms with Crippen molar-refractivity contribution in [3.63, 3.8) is 0 Å². The maximum Gasteiger partial charge on any atom is 0.230 e. The lowest BCUT2D eigenvalue weighted by atomic mass is 9.67. The number of aromatic nitrogens is 2. The number of carbonyl (C=O) groups is 2. The average molecular weight is 275 g/mol. The van der Waals surface area contributed by atoms with E-state index in [0.717, 1.165) is 25.7 Å². The summed E-state index contributed by atoms with van der Waals surface area (Å²) < 4.78 is 0. The van der Waals surface area contributed by atoms with Crippen LogP contribution in [0.3, 0.4) is 0 Å². The van der Waals surface area contributed by atoms with E-state index in [1.807, 2.05) is 6.92 Å². The second-order valence-electron chi connectivity index (χ2n) is 6.22. The molecule has 2 aliphatic rings. The molecule has 1 aromatic heterocycles. The number of nitrogens with one attached hydrogen (secondary N) is 1. The Bertz CT molecular complexity index is 483. The molecule has 0 radical (unpaired) electrons. The van der Waals surface area contributed by atoms with Crippen LogP contribution in [-0.4, -0.2) is 26.7 Å². The Hall–Kier alpha value is -1.65. The highest BCUT2D eigenvalue weighted by Crippen LogP contribution is 2.46. The number of rotatable bonds is 2. The van der Waals surface area contributed by atoms with Gasteiger partial charge in [-0.3, -0.25) is 14.5 Å². The molecular weight excluding hydrogens is 254 g/mol. The van der Waals surface area contributed by atoms with Crippen LogP contribution in [0.25, 0.3) is 0 Å². The van der Waals surface area contributed by atoms with E-state index in [0.29, 0.717) is 18.7 Å². The summed E-state index contributed by atoms with van der Waals surface area (Å²) in [7, 11) is 0. The molecule has 1 aliphatic heterocycles. The van der Waals surface area contributed by atoms with Crippen LogP contribution in [0.1, 0.15) is 63.7 Å². The van der Waals surface area contributed by atoms with Crippen LogP contribution in [-0.2, 0) is 9.59 Å².